The molecule has 0 spiro atoms. The van der Waals surface area contributed by atoms with Gasteiger partial charge in [-0.05, 0) is 18.4 Å². The van der Waals surface area contributed by atoms with Crippen LogP contribution in [0, 0.1) is 16.7 Å². The molecule has 0 amide bonds. The average molecular weight is 209 g/mol. The second kappa shape index (κ2) is 5.48. The molecule has 1 heterocycles. The number of nitrogens with one attached hydrogen (secondary N) is 1. The van der Waals surface area contributed by atoms with Crippen LogP contribution in [0.3, 0.4) is 0 Å². The van der Waals surface area contributed by atoms with Gasteiger partial charge in [0, 0.05) is 25.7 Å². The molecule has 1 saturated heterocycles. The lowest BCUT2D eigenvalue weighted by molar-refractivity contribution is 0.202. The second-order valence-electron chi connectivity index (χ2n) is 5.34. The van der Waals surface area contributed by atoms with Crippen LogP contribution in [0.25, 0.3) is 0 Å². The van der Waals surface area contributed by atoms with E-state index in [0.29, 0.717) is 17.9 Å². The number of nitrogens with zero attached hydrogens (tertiary/aromatic N) is 2. The van der Waals surface area contributed by atoms with Crippen LogP contribution in [-0.4, -0.2) is 37.1 Å². The molecule has 0 aliphatic carbocycles. The number of nitriles is 1. The Bertz CT molecular complexity index is 230. The lowest BCUT2D eigenvalue weighted by Gasteiger charge is -2.28. The molecule has 1 fully saturated rings. The minimum atomic E-state index is 0.319. The van der Waals surface area contributed by atoms with E-state index >= 15 is 0 Å². The third-order valence-electron chi connectivity index (χ3n) is 2.88. The van der Waals surface area contributed by atoms with Crippen LogP contribution in [0.2, 0.25) is 0 Å². The zero-order chi connectivity index (χ0) is 11.3. The lowest BCUT2D eigenvalue weighted by atomic mass is 9.93. The predicted octanol–water partition coefficient (Wildman–Crippen LogP) is 1.61. The molecule has 3 nitrogen and oxygen atoms in total. The van der Waals surface area contributed by atoms with Gasteiger partial charge in [-0.15, -0.1) is 0 Å². The summed E-state index contributed by atoms with van der Waals surface area (Å²) in [5.74, 6) is 0. The molecule has 0 radical (unpaired) electrons. The first-order valence-electron chi connectivity index (χ1n) is 5.90. The van der Waals surface area contributed by atoms with Gasteiger partial charge in [0.2, 0.25) is 0 Å². The Kier molecular flexibility index (Phi) is 4.56. The summed E-state index contributed by atoms with van der Waals surface area (Å²) >= 11 is 0. The van der Waals surface area contributed by atoms with Crippen molar-refractivity contribution in [1.82, 2.24) is 10.2 Å². The highest BCUT2D eigenvalue weighted by Gasteiger charge is 2.27. The first-order chi connectivity index (χ1) is 7.07. The highest BCUT2D eigenvalue weighted by molar-refractivity contribution is 4.89. The van der Waals surface area contributed by atoms with Crippen molar-refractivity contribution >= 4 is 0 Å². The van der Waals surface area contributed by atoms with Gasteiger partial charge >= 0.3 is 0 Å². The van der Waals surface area contributed by atoms with Gasteiger partial charge in [0.05, 0.1) is 12.5 Å². The lowest BCUT2D eigenvalue weighted by Crippen LogP contribution is -2.37. The quantitative estimate of drug-likeness (QED) is 0.767. The maximum atomic E-state index is 8.75. The predicted molar refractivity (Wildman–Crippen MR) is 62.5 cm³/mol. The molecule has 1 rings (SSSR count). The van der Waals surface area contributed by atoms with Gasteiger partial charge in [0.15, 0.2) is 0 Å². The van der Waals surface area contributed by atoms with Crippen molar-refractivity contribution in [3.8, 4) is 6.07 Å². The van der Waals surface area contributed by atoms with Crippen molar-refractivity contribution < 1.29 is 0 Å². The Labute approximate surface area is 93.5 Å². The molecule has 1 aliphatic heterocycles. The van der Waals surface area contributed by atoms with Crippen LogP contribution in [0.5, 0.6) is 0 Å². The molecule has 15 heavy (non-hydrogen) atoms. The van der Waals surface area contributed by atoms with Crippen molar-refractivity contribution in [1.29, 1.82) is 5.26 Å². The van der Waals surface area contributed by atoms with E-state index in [1.54, 1.807) is 0 Å². The molecular weight excluding hydrogens is 186 g/mol. The number of rotatable bonds is 3. The smallest absolute Gasteiger partial charge is 0.0638 e. The molecule has 1 aliphatic rings. The number of hydrogen-bond donors (Lipinski definition) is 1. The van der Waals surface area contributed by atoms with Gasteiger partial charge in [-0.1, -0.05) is 20.8 Å². The Balaban J connectivity index is 2.59. The topological polar surface area (TPSA) is 39.1 Å². The van der Waals surface area contributed by atoms with E-state index in [2.05, 4.69) is 37.1 Å². The SMILES string of the molecule is CCCN1CC(CC#N)NCC(C)(C)C1. The molecular formula is C12H23N3. The van der Waals surface area contributed by atoms with Crippen LogP contribution >= 0.6 is 0 Å². The van der Waals surface area contributed by atoms with E-state index in [4.69, 9.17) is 5.26 Å². The Morgan fingerprint density at radius 1 is 1.53 bits per heavy atom. The summed E-state index contributed by atoms with van der Waals surface area (Å²) in [7, 11) is 0. The Morgan fingerprint density at radius 3 is 2.87 bits per heavy atom. The maximum absolute atomic E-state index is 8.75. The molecule has 1 N–H and O–H groups in total. The van der Waals surface area contributed by atoms with Gasteiger partial charge in [0.25, 0.3) is 0 Å². The molecule has 1 atom stereocenters. The van der Waals surface area contributed by atoms with Crippen LogP contribution < -0.4 is 5.32 Å². The van der Waals surface area contributed by atoms with Crippen molar-refractivity contribution in [3.63, 3.8) is 0 Å². The van der Waals surface area contributed by atoms with Crippen LogP contribution in [0.1, 0.15) is 33.6 Å². The fraction of sp³-hybridized carbons (Fsp3) is 0.917. The maximum Gasteiger partial charge on any atom is 0.0638 e. The zero-order valence-electron chi connectivity index (χ0n) is 10.2. The molecule has 0 aromatic rings. The van der Waals surface area contributed by atoms with Crippen molar-refractivity contribution in [2.45, 2.75) is 39.7 Å². The van der Waals surface area contributed by atoms with E-state index in [1.165, 1.54) is 6.42 Å². The fourth-order valence-corrected chi connectivity index (χ4v) is 2.26. The highest BCUT2D eigenvalue weighted by atomic mass is 15.2. The first kappa shape index (κ1) is 12.5. The summed E-state index contributed by atoms with van der Waals surface area (Å²) in [6.45, 7) is 11.1. The minimum absolute atomic E-state index is 0.319. The van der Waals surface area contributed by atoms with E-state index in [9.17, 15) is 0 Å². The van der Waals surface area contributed by atoms with Crippen LogP contribution in [0.15, 0.2) is 0 Å². The van der Waals surface area contributed by atoms with Crippen molar-refractivity contribution in [2.75, 3.05) is 26.2 Å². The van der Waals surface area contributed by atoms with Gasteiger partial charge in [-0.25, -0.2) is 0 Å². The molecule has 86 valence electrons. The Hall–Kier alpha value is -0.590. The zero-order valence-corrected chi connectivity index (χ0v) is 10.2. The summed E-state index contributed by atoms with van der Waals surface area (Å²) in [5.41, 5.74) is 0.319. The fourth-order valence-electron chi connectivity index (χ4n) is 2.26. The van der Waals surface area contributed by atoms with Gasteiger partial charge in [0.1, 0.15) is 0 Å². The normalized spacial score (nSPS) is 26.9. The third kappa shape index (κ3) is 4.19. The standard InChI is InChI=1S/C12H23N3/c1-4-7-15-8-11(5-6-13)14-9-12(2,3)10-15/h11,14H,4-5,7-10H2,1-3H3. The van der Waals surface area contributed by atoms with Gasteiger partial charge in [-0.2, -0.15) is 5.26 Å². The minimum Gasteiger partial charge on any atom is -0.311 e. The van der Waals surface area contributed by atoms with E-state index in [1.807, 2.05) is 0 Å². The monoisotopic (exact) mass is 209 g/mol. The van der Waals surface area contributed by atoms with Gasteiger partial charge < -0.3 is 10.2 Å². The summed E-state index contributed by atoms with van der Waals surface area (Å²) in [6, 6.07) is 2.62. The van der Waals surface area contributed by atoms with Crippen molar-refractivity contribution in [2.24, 2.45) is 5.41 Å². The summed E-state index contributed by atoms with van der Waals surface area (Å²) in [4.78, 5) is 2.49. The summed E-state index contributed by atoms with van der Waals surface area (Å²) in [5, 5.41) is 12.2. The Morgan fingerprint density at radius 2 is 2.27 bits per heavy atom. The largest absolute Gasteiger partial charge is 0.311 e. The first-order valence-corrected chi connectivity index (χ1v) is 5.90. The second-order valence-corrected chi connectivity index (χ2v) is 5.34. The number of hydrogen-bond acceptors (Lipinski definition) is 3. The van der Waals surface area contributed by atoms with Gasteiger partial charge in [-0.3, -0.25) is 0 Å². The molecule has 0 saturated carbocycles. The third-order valence-corrected chi connectivity index (χ3v) is 2.88. The average Bonchev–Trinajstić information content (AvgIpc) is 2.26. The van der Waals surface area contributed by atoms with Crippen molar-refractivity contribution in [3.05, 3.63) is 0 Å². The summed E-state index contributed by atoms with van der Waals surface area (Å²) < 4.78 is 0. The van der Waals surface area contributed by atoms with Crippen LogP contribution in [0.4, 0.5) is 0 Å². The molecule has 0 bridgehead atoms. The highest BCUT2D eigenvalue weighted by Crippen LogP contribution is 2.19. The molecule has 0 aromatic heterocycles. The summed E-state index contributed by atoms with van der Waals surface area (Å²) in [6.07, 6.45) is 1.81. The molecule has 1 unspecified atom stereocenters. The molecule has 0 aromatic carbocycles. The van der Waals surface area contributed by atoms with Crippen LogP contribution in [-0.2, 0) is 0 Å². The van der Waals surface area contributed by atoms with E-state index in [0.717, 1.165) is 26.2 Å². The molecule has 3 heteroatoms. The van der Waals surface area contributed by atoms with E-state index < -0.39 is 0 Å². The van der Waals surface area contributed by atoms with E-state index in [-0.39, 0.29) is 0 Å².